The zero-order chi connectivity index (χ0) is 41.8. The summed E-state index contributed by atoms with van der Waals surface area (Å²) in [6.07, 6.45) is 3.00. The summed E-state index contributed by atoms with van der Waals surface area (Å²) in [6, 6.07) is 5.66. The molecule has 0 bridgehead atoms. The number of ether oxygens (including phenoxy) is 13. The maximum Gasteiger partial charge on any atom is 0.328 e. The molecule has 0 saturated heterocycles. The quantitative estimate of drug-likeness (QED) is 0.0721. The first-order chi connectivity index (χ1) is 28.6. The van der Waals surface area contributed by atoms with Crippen molar-refractivity contribution in [3.63, 3.8) is 0 Å². The Morgan fingerprint density at radius 1 is 0.466 bits per heavy atom. The second-order valence-electron chi connectivity index (χ2n) is 12.6. The van der Waals surface area contributed by atoms with Crippen LogP contribution in [0, 0.1) is 0 Å². The standard InChI is InChI=1S/C41H73NO16/c1-3-5-12-58-41(45)39(36-37-6-8-38(43)9-7-37)42-40(44)10-13-47-15-17-49-19-21-51-23-25-53-27-29-55-31-33-57-35-34-56-32-30-54-28-26-52-24-22-50-20-18-48-16-14-46-11-4-2/h6-9,39,43H,3-5,10-36H2,1-2H3,(H,42,44)/t39-/m0/s1. The number of hydrogen-bond donors (Lipinski definition) is 2. The summed E-state index contributed by atoms with van der Waals surface area (Å²) in [4.78, 5) is 25.1. The molecule has 1 aromatic rings. The zero-order valence-electron chi connectivity index (χ0n) is 35.2. The van der Waals surface area contributed by atoms with Crippen molar-refractivity contribution in [2.24, 2.45) is 0 Å². The van der Waals surface area contributed by atoms with Crippen LogP contribution in [0.15, 0.2) is 24.3 Å². The summed E-state index contributed by atoms with van der Waals surface area (Å²) < 4.78 is 70.9. The molecule has 1 atom stereocenters. The molecule has 17 heteroatoms. The van der Waals surface area contributed by atoms with Gasteiger partial charge < -0.3 is 72.0 Å². The van der Waals surface area contributed by atoms with Gasteiger partial charge in [0.25, 0.3) is 0 Å². The van der Waals surface area contributed by atoms with Crippen LogP contribution in [0.25, 0.3) is 0 Å². The van der Waals surface area contributed by atoms with E-state index in [0.29, 0.717) is 152 Å². The van der Waals surface area contributed by atoms with Crippen LogP contribution in [0.4, 0.5) is 0 Å². The molecule has 1 amide bonds. The van der Waals surface area contributed by atoms with E-state index in [1.807, 2.05) is 6.92 Å². The lowest BCUT2D eigenvalue weighted by molar-refractivity contribution is -0.148. The second kappa shape index (κ2) is 42.6. The third-order valence-corrected chi connectivity index (χ3v) is 7.65. The highest BCUT2D eigenvalue weighted by Gasteiger charge is 2.22. The predicted molar refractivity (Wildman–Crippen MR) is 214 cm³/mol. The van der Waals surface area contributed by atoms with Gasteiger partial charge in [0, 0.05) is 19.4 Å². The minimum atomic E-state index is -0.829. The molecule has 58 heavy (non-hydrogen) atoms. The lowest BCUT2D eigenvalue weighted by Crippen LogP contribution is -2.43. The lowest BCUT2D eigenvalue weighted by atomic mass is 10.1. The molecule has 0 radical (unpaired) electrons. The first kappa shape index (κ1) is 53.5. The fraction of sp³-hybridized carbons (Fsp3) is 0.805. The minimum absolute atomic E-state index is 0.0907. The number of carbonyl (C=O) groups is 2. The molecule has 0 aromatic heterocycles. The zero-order valence-corrected chi connectivity index (χ0v) is 35.2. The molecule has 2 N–H and O–H groups in total. The molecule has 0 heterocycles. The van der Waals surface area contributed by atoms with Crippen molar-refractivity contribution < 1.29 is 76.3 Å². The molecule has 338 valence electrons. The van der Waals surface area contributed by atoms with E-state index >= 15 is 0 Å². The van der Waals surface area contributed by atoms with Crippen LogP contribution < -0.4 is 5.32 Å². The third kappa shape index (κ3) is 36.6. The number of esters is 1. The SMILES string of the molecule is CCCCOC(=O)[C@H](Cc1ccc(O)cc1)NC(=O)CCOCCOCCOCCOCCOCCOCCOCCOCCOCCOCCOCCOCCC. The molecular formula is C41H73NO16. The number of rotatable bonds is 45. The monoisotopic (exact) mass is 835 g/mol. The predicted octanol–water partition coefficient (Wildman–Crippen LogP) is 2.76. The topological polar surface area (TPSA) is 186 Å². The van der Waals surface area contributed by atoms with Gasteiger partial charge in [-0.3, -0.25) is 4.79 Å². The summed E-state index contributed by atoms with van der Waals surface area (Å²) in [5.74, 6) is -0.674. The molecular weight excluding hydrogens is 762 g/mol. The number of unbranched alkanes of at least 4 members (excludes halogenated alkanes) is 1. The Hall–Kier alpha value is -2.52. The van der Waals surface area contributed by atoms with Gasteiger partial charge >= 0.3 is 5.97 Å². The van der Waals surface area contributed by atoms with Gasteiger partial charge in [-0.05, 0) is 30.5 Å². The van der Waals surface area contributed by atoms with Crippen molar-refractivity contribution in [3.05, 3.63) is 29.8 Å². The Morgan fingerprint density at radius 2 is 0.793 bits per heavy atom. The molecule has 0 unspecified atom stereocenters. The second-order valence-corrected chi connectivity index (χ2v) is 12.6. The number of phenols is 1. The molecule has 0 spiro atoms. The number of carbonyl (C=O) groups excluding carboxylic acids is 2. The number of benzene rings is 1. The maximum absolute atomic E-state index is 12.6. The molecule has 0 saturated carbocycles. The molecule has 0 fully saturated rings. The fourth-order valence-corrected chi connectivity index (χ4v) is 4.58. The first-order valence-electron chi connectivity index (χ1n) is 20.7. The van der Waals surface area contributed by atoms with Gasteiger partial charge in [-0.25, -0.2) is 4.79 Å². The van der Waals surface area contributed by atoms with E-state index in [1.54, 1.807) is 12.1 Å². The van der Waals surface area contributed by atoms with Crippen molar-refractivity contribution >= 4 is 11.9 Å². The average molecular weight is 836 g/mol. The maximum atomic E-state index is 12.6. The Bertz CT molecular complexity index is 1040. The van der Waals surface area contributed by atoms with Gasteiger partial charge in [0.1, 0.15) is 11.8 Å². The van der Waals surface area contributed by atoms with E-state index in [9.17, 15) is 14.7 Å². The third-order valence-electron chi connectivity index (χ3n) is 7.65. The Balaban J connectivity index is 1.79. The largest absolute Gasteiger partial charge is 0.508 e. The van der Waals surface area contributed by atoms with Crippen molar-refractivity contribution in [1.82, 2.24) is 5.32 Å². The summed E-state index contributed by atoms with van der Waals surface area (Å²) in [5, 5.41) is 12.3. The van der Waals surface area contributed by atoms with E-state index < -0.39 is 12.0 Å². The van der Waals surface area contributed by atoms with E-state index in [1.165, 1.54) is 12.1 Å². The van der Waals surface area contributed by atoms with E-state index in [4.69, 9.17) is 61.6 Å². The van der Waals surface area contributed by atoms with E-state index in [0.717, 1.165) is 31.4 Å². The Labute approximate surface area is 345 Å². The summed E-state index contributed by atoms with van der Waals surface area (Å²) in [6.45, 7) is 15.9. The van der Waals surface area contributed by atoms with Crippen molar-refractivity contribution in [2.75, 3.05) is 165 Å². The molecule has 0 aliphatic rings. The van der Waals surface area contributed by atoms with Gasteiger partial charge in [0.05, 0.1) is 159 Å². The number of amides is 1. The van der Waals surface area contributed by atoms with Gasteiger partial charge in [-0.1, -0.05) is 32.4 Å². The van der Waals surface area contributed by atoms with Crippen LogP contribution in [0.5, 0.6) is 5.75 Å². The highest BCUT2D eigenvalue weighted by atomic mass is 16.6. The molecule has 17 nitrogen and oxygen atoms in total. The van der Waals surface area contributed by atoms with E-state index in [2.05, 4.69) is 12.2 Å². The Morgan fingerprint density at radius 3 is 1.12 bits per heavy atom. The van der Waals surface area contributed by atoms with Gasteiger partial charge in [0.15, 0.2) is 0 Å². The minimum Gasteiger partial charge on any atom is -0.508 e. The highest BCUT2D eigenvalue weighted by molar-refractivity contribution is 5.84. The number of nitrogens with one attached hydrogen (secondary N) is 1. The van der Waals surface area contributed by atoms with Gasteiger partial charge in [-0.2, -0.15) is 0 Å². The van der Waals surface area contributed by atoms with Crippen LogP contribution >= 0.6 is 0 Å². The molecule has 1 aromatic carbocycles. The van der Waals surface area contributed by atoms with Crippen LogP contribution in [-0.4, -0.2) is 188 Å². The van der Waals surface area contributed by atoms with Crippen molar-refractivity contribution in [2.45, 2.75) is 52.0 Å². The number of hydrogen-bond acceptors (Lipinski definition) is 16. The van der Waals surface area contributed by atoms with Crippen LogP contribution in [0.2, 0.25) is 0 Å². The van der Waals surface area contributed by atoms with E-state index in [-0.39, 0.29) is 31.1 Å². The highest BCUT2D eigenvalue weighted by Crippen LogP contribution is 2.12. The smallest absolute Gasteiger partial charge is 0.328 e. The lowest BCUT2D eigenvalue weighted by Gasteiger charge is -2.18. The summed E-state index contributed by atoms with van der Waals surface area (Å²) >= 11 is 0. The molecule has 1 rings (SSSR count). The molecule has 0 aliphatic carbocycles. The molecule has 0 aliphatic heterocycles. The van der Waals surface area contributed by atoms with Crippen molar-refractivity contribution in [1.29, 1.82) is 0 Å². The summed E-state index contributed by atoms with van der Waals surface area (Å²) in [5.41, 5.74) is 0.792. The first-order valence-corrected chi connectivity index (χ1v) is 20.7. The van der Waals surface area contributed by atoms with Crippen LogP contribution in [0.3, 0.4) is 0 Å². The van der Waals surface area contributed by atoms with Gasteiger partial charge in [0.2, 0.25) is 5.91 Å². The average Bonchev–Trinajstić information content (AvgIpc) is 3.22. The summed E-state index contributed by atoms with van der Waals surface area (Å²) in [7, 11) is 0. The van der Waals surface area contributed by atoms with Crippen LogP contribution in [0.1, 0.15) is 45.1 Å². The number of aromatic hydroxyl groups is 1. The number of phenolic OH excluding ortho intramolecular Hbond substituents is 1. The fourth-order valence-electron chi connectivity index (χ4n) is 4.58. The normalized spacial score (nSPS) is 11.9. The van der Waals surface area contributed by atoms with Gasteiger partial charge in [-0.15, -0.1) is 0 Å². The van der Waals surface area contributed by atoms with Crippen LogP contribution in [-0.2, 0) is 77.6 Å². The van der Waals surface area contributed by atoms with Crippen molar-refractivity contribution in [3.8, 4) is 5.75 Å². The Kier molecular flexibility index (Phi) is 39.3.